The number of halogens is 2. The highest BCUT2D eigenvalue weighted by Gasteiger charge is 2.36. The molecule has 13 nitrogen and oxygen atoms in total. The van der Waals surface area contributed by atoms with Crippen molar-refractivity contribution in [2.24, 2.45) is 5.73 Å². The molecule has 1 unspecified atom stereocenters. The number of nitrogens with two attached hydrogens (primary N) is 1. The molecule has 2 aromatic carbocycles. The molecule has 0 saturated heterocycles. The maximum Gasteiger partial charge on any atom is 0.337 e. The number of aromatic carboxylic acids is 1. The number of amides is 3. The summed E-state index contributed by atoms with van der Waals surface area (Å²) in [5, 5.41) is 22.5. The molecule has 0 fully saturated rings. The summed E-state index contributed by atoms with van der Waals surface area (Å²) < 4.78 is 16.3. The highest BCUT2D eigenvalue weighted by Crippen LogP contribution is 2.34. The van der Waals surface area contributed by atoms with E-state index in [9.17, 15) is 19.2 Å². The Bertz CT molecular complexity index is 1780. The molecular formula is C29H24ClFN8O5. The van der Waals surface area contributed by atoms with E-state index in [-0.39, 0.29) is 40.6 Å². The molecule has 1 aliphatic rings. The number of carbonyl (C=O) groups excluding carboxylic acids is 3. The number of benzene rings is 2. The minimum absolute atomic E-state index is 0.0481. The van der Waals surface area contributed by atoms with Gasteiger partial charge in [-0.2, -0.15) is 4.68 Å². The lowest BCUT2D eigenvalue weighted by Gasteiger charge is -2.36. The lowest BCUT2D eigenvalue weighted by Crippen LogP contribution is -2.45. The fourth-order valence-corrected chi connectivity index (χ4v) is 5.15. The van der Waals surface area contributed by atoms with E-state index >= 15 is 4.39 Å². The van der Waals surface area contributed by atoms with Crippen molar-refractivity contribution in [3.8, 4) is 5.69 Å². The van der Waals surface area contributed by atoms with Crippen LogP contribution in [-0.4, -0.2) is 65.4 Å². The average Bonchev–Trinajstić information content (AvgIpc) is 3.55. The van der Waals surface area contributed by atoms with Crippen LogP contribution >= 0.6 is 11.6 Å². The van der Waals surface area contributed by atoms with Crippen LogP contribution in [0.5, 0.6) is 0 Å². The van der Waals surface area contributed by atoms with Crippen LogP contribution in [0.25, 0.3) is 11.8 Å². The van der Waals surface area contributed by atoms with Gasteiger partial charge in [0.05, 0.1) is 16.3 Å². The van der Waals surface area contributed by atoms with E-state index in [0.29, 0.717) is 18.4 Å². The Balaban J connectivity index is 1.50. The largest absolute Gasteiger partial charge is 0.478 e. The van der Waals surface area contributed by atoms with E-state index in [0.717, 1.165) is 23.4 Å². The lowest BCUT2D eigenvalue weighted by atomic mass is 9.87. The second-order valence-corrected chi connectivity index (χ2v) is 10.2. The quantitative estimate of drug-likeness (QED) is 0.237. The first-order valence-electron chi connectivity index (χ1n) is 13.2. The van der Waals surface area contributed by atoms with Crippen molar-refractivity contribution in [3.05, 3.63) is 99.7 Å². The second-order valence-electron chi connectivity index (χ2n) is 9.74. The summed E-state index contributed by atoms with van der Waals surface area (Å²) in [5.41, 5.74) is 7.62. The molecule has 15 heteroatoms. The van der Waals surface area contributed by atoms with Crippen molar-refractivity contribution in [1.82, 2.24) is 30.1 Å². The number of carboxylic acid groups (broad SMARTS) is 1. The van der Waals surface area contributed by atoms with Crippen LogP contribution < -0.4 is 11.1 Å². The molecule has 0 bridgehead atoms. The minimum Gasteiger partial charge on any atom is -0.478 e. The Morgan fingerprint density at radius 1 is 1.16 bits per heavy atom. The fraction of sp³-hybridized carbons (Fsp3) is 0.172. The van der Waals surface area contributed by atoms with Gasteiger partial charge >= 0.3 is 5.97 Å². The predicted octanol–water partition coefficient (Wildman–Crippen LogP) is 2.74. The smallest absolute Gasteiger partial charge is 0.337 e. The number of fused-ring (bicyclic) bond motifs is 1. The molecule has 4 N–H and O–H groups in total. The zero-order valence-corrected chi connectivity index (χ0v) is 23.6. The van der Waals surface area contributed by atoms with E-state index in [1.165, 1.54) is 46.3 Å². The van der Waals surface area contributed by atoms with Crippen molar-refractivity contribution in [2.75, 3.05) is 11.9 Å². The topological polar surface area (TPSA) is 186 Å². The van der Waals surface area contributed by atoms with E-state index in [2.05, 4.69) is 25.8 Å². The van der Waals surface area contributed by atoms with Crippen molar-refractivity contribution < 1.29 is 28.7 Å². The Morgan fingerprint density at radius 3 is 2.66 bits per heavy atom. The molecule has 5 rings (SSSR count). The summed E-state index contributed by atoms with van der Waals surface area (Å²) in [6.45, 7) is 0.116. The number of pyridine rings is 1. The first-order chi connectivity index (χ1) is 21.1. The molecule has 3 heterocycles. The predicted molar refractivity (Wildman–Crippen MR) is 155 cm³/mol. The van der Waals surface area contributed by atoms with E-state index in [4.69, 9.17) is 22.4 Å². The van der Waals surface area contributed by atoms with Gasteiger partial charge in [-0.3, -0.25) is 14.4 Å². The molecule has 0 spiro atoms. The summed E-state index contributed by atoms with van der Waals surface area (Å²) in [6.07, 6.45) is 5.56. The molecule has 1 aliphatic heterocycles. The lowest BCUT2D eigenvalue weighted by molar-refractivity contribution is -0.135. The summed E-state index contributed by atoms with van der Waals surface area (Å²) in [5.74, 6) is -3.58. The van der Waals surface area contributed by atoms with Gasteiger partial charge in [-0.25, -0.2) is 14.2 Å². The van der Waals surface area contributed by atoms with Crippen LogP contribution in [0.3, 0.4) is 0 Å². The van der Waals surface area contributed by atoms with E-state index in [1.807, 2.05) is 6.07 Å². The minimum atomic E-state index is -1.18. The molecule has 0 aliphatic carbocycles. The van der Waals surface area contributed by atoms with Gasteiger partial charge in [0.2, 0.25) is 11.8 Å². The third-order valence-electron chi connectivity index (χ3n) is 7.05. The van der Waals surface area contributed by atoms with Crippen LogP contribution in [0.4, 0.5) is 10.2 Å². The summed E-state index contributed by atoms with van der Waals surface area (Å²) in [4.78, 5) is 55.4. The van der Waals surface area contributed by atoms with Crippen LogP contribution in [0.2, 0.25) is 5.02 Å². The van der Waals surface area contributed by atoms with Crippen molar-refractivity contribution >= 4 is 47.2 Å². The fourth-order valence-electron chi connectivity index (χ4n) is 4.98. The maximum absolute atomic E-state index is 15.1. The number of hydrogen-bond donors (Lipinski definition) is 3. The number of nitrogens with zero attached hydrogens (tertiary/aromatic N) is 6. The molecule has 0 saturated carbocycles. The van der Waals surface area contributed by atoms with Crippen LogP contribution in [-0.2, 0) is 27.2 Å². The normalized spacial score (nSPS) is 14.3. The highest BCUT2D eigenvalue weighted by atomic mass is 35.5. The number of aryl methyl sites for hydroxylation is 1. The number of tetrazole rings is 1. The Kier molecular flexibility index (Phi) is 8.71. The van der Waals surface area contributed by atoms with Gasteiger partial charge in [0.25, 0.3) is 5.91 Å². The Hall–Kier alpha value is -5.50. The van der Waals surface area contributed by atoms with Crippen molar-refractivity contribution in [1.29, 1.82) is 0 Å². The standard InChI is InChI=1S/C29H24ClFN8O5/c30-21-7-8-22(39-15-34-36-37-39)20(26(21)31)6-11-25(41)38-13-12-18-16(4-9-23(32)40)2-1-3-19(18)27(38)28(42)35-24-10-5-17(14-33-24)29(43)44/h1-3,5-8,10-11,14-15,27H,4,9,12-13H2,(H2,32,40)(H,43,44)(H,33,35,42)/b11-6+. The first-order valence-corrected chi connectivity index (χ1v) is 13.6. The summed E-state index contributed by atoms with van der Waals surface area (Å²) in [7, 11) is 0. The van der Waals surface area contributed by atoms with Gasteiger partial charge in [0.1, 0.15) is 18.2 Å². The molecule has 1 atom stereocenters. The van der Waals surface area contributed by atoms with Crippen molar-refractivity contribution in [3.63, 3.8) is 0 Å². The third kappa shape index (κ3) is 6.29. The number of rotatable bonds is 9. The van der Waals surface area contributed by atoms with Crippen LogP contribution in [0, 0.1) is 5.82 Å². The van der Waals surface area contributed by atoms with E-state index < -0.39 is 35.5 Å². The maximum atomic E-state index is 15.1. The second kappa shape index (κ2) is 12.8. The number of nitrogens with one attached hydrogen (secondary N) is 1. The SMILES string of the molecule is NC(=O)CCc1cccc2c1CCN(C(=O)/C=C/c1c(-n3cnnn3)ccc(Cl)c1F)C2C(=O)Nc1ccc(C(=O)O)cn1. The average molecular weight is 619 g/mol. The monoisotopic (exact) mass is 618 g/mol. The molecule has 2 aromatic heterocycles. The summed E-state index contributed by atoms with van der Waals surface area (Å²) in [6, 6.07) is 9.58. The molecular weight excluding hydrogens is 595 g/mol. The Labute approximate surface area is 254 Å². The highest BCUT2D eigenvalue weighted by molar-refractivity contribution is 6.31. The van der Waals surface area contributed by atoms with Crippen LogP contribution in [0.1, 0.15) is 45.1 Å². The van der Waals surface area contributed by atoms with Gasteiger partial charge in [-0.1, -0.05) is 29.8 Å². The number of carbonyl (C=O) groups is 4. The van der Waals surface area contributed by atoms with Crippen LogP contribution in [0.15, 0.2) is 61.1 Å². The molecule has 0 radical (unpaired) electrons. The van der Waals surface area contributed by atoms with Gasteiger partial charge < -0.3 is 21.1 Å². The van der Waals surface area contributed by atoms with Crippen molar-refractivity contribution in [2.45, 2.75) is 25.3 Å². The zero-order valence-electron chi connectivity index (χ0n) is 22.9. The molecule has 224 valence electrons. The third-order valence-corrected chi connectivity index (χ3v) is 7.34. The number of anilines is 1. The summed E-state index contributed by atoms with van der Waals surface area (Å²) >= 11 is 6.01. The van der Waals surface area contributed by atoms with E-state index in [1.54, 1.807) is 12.1 Å². The molecule has 3 amide bonds. The Morgan fingerprint density at radius 2 is 1.98 bits per heavy atom. The number of primary amides is 1. The zero-order chi connectivity index (χ0) is 31.4. The number of aromatic nitrogens is 5. The van der Waals surface area contributed by atoms with Gasteiger partial charge in [-0.05, 0) is 70.3 Å². The molecule has 44 heavy (non-hydrogen) atoms. The first kappa shape index (κ1) is 30.0. The number of carboxylic acids is 1. The van der Waals surface area contributed by atoms with Gasteiger partial charge in [0.15, 0.2) is 5.82 Å². The van der Waals surface area contributed by atoms with Gasteiger partial charge in [0, 0.05) is 30.8 Å². The van der Waals surface area contributed by atoms with Gasteiger partial charge in [-0.15, -0.1) is 5.10 Å². The molecule has 4 aromatic rings. The number of hydrogen-bond acceptors (Lipinski definition) is 8.